The smallest absolute Gasteiger partial charge is 0.264 e. The molecule has 1 aliphatic heterocycles. The first-order valence-electron chi connectivity index (χ1n) is 6.47. The van der Waals surface area contributed by atoms with E-state index < -0.39 is 0 Å². The van der Waals surface area contributed by atoms with Gasteiger partial charge in [-0.05, 0) is 18.6 Å². The molecule has 106 valence electrons. The molecule has 0 aromatic carbocycles. The van der Waals surface area contributed by atoms with Crippen LogP contribution in [0.3, 0.4) is 0 Å². The van der Waals surface area contributed by atoms with Crippen molar-refractivity contribution < 1.29 is 9.59 Å². The van der Waals surface area contributed by atoms with Gasteiger partial charge in [-0.2, -0.15) is 0 Å². The third kappa shape index (κ3) is 3.38. The van der Waals surface area contributed by atoms with Gasteiger partial charge in [0.1, 0.15) is 0 Å². The molecular formula is C14H17N3O2S. The molecule has 0 bridgehead atoms. The zero-order chi connectivity index (χ0) is 14.5. The topological polar surface area (TPSA) is 75.4 Å². The minimum absolute atomic E-state index is 0.00263. The van der Waals surface area contributed by atoms with Gasteiger partial charge in [-0.25, -0.2) is 0 Å². The van der Waals surface area contributed by atoms with Crippen LogP contribution in [0.2, 0.25) is 0 Å². The number of carbonyl (C=O) groups is 2. The highest BCUT2D eigenvalue weighted by atomic mass is 32.1. The number of carbonyl (C=O) groups excluding carboxylic acids is 2. The fourth-order valence-corrected chi connectivity index (χ4v) is 2.98. The predicted molar refractivity (Wildman–Crippen MR) is 78.5 cm³/mol. The van der Waals surface area contributed by atoms with E-state index >= 15 is 0 Å². The van der Waals surface area contributed by atoms with E-state index in [1.165, 1.54) is 11.3 Å². The Balaban J connectivity index is 2.14. The lowest BCUT2D eigenvalue weighted by atomic mass is 10.2. The van der Waals surface area contributed by atoms with Gasteiger partial charge in [0.2, 0.25) is 5.91 Å². The largest absolute Gasteiger partial charge is 0.354 e. The molecule has 5 nitrogen and oxygen atoms in total. The third-order valence-corrected chi connectivity index (χ3v) is 4.17. The summed E-state index contributed by atoms with van der Waals surface area (Å²) in [5, 5.41) is 2.76. The molecule has 0 radical (unpaired) electrons. The average molecular weight is 291 g/mol. The van der Waals surface area contributed by atoms with Crippen LogP contribution in [0, 0.1) is 18.8 Å². The van der Waals surface area contributed by atoms with E-state index in [-0.39, 0.29) is 11.8 Å². The lowest BCUT2D eigenvalue weighted by Gasteiger charge is -2.18. The van der Waals surface area contributed by atoms with Gasteiger partial charge in [0, 0.05) is 26.1 Å². The predicted octanol–water partition coefficient (Wildman–Crippen LogP) is 0.329. The minimum atomic E-state index is -0.0320. The van der Waals surface area contributed by atoms with Crippen molar-refractivity contribution in [3.63, 3.8) is 0 Å². The van der Waals surface area contributed by atoms with Gasteiger partial charge in [-0.15, -0.1) is 11.3 Å². The number of amides is 2. The Bertz CT molecular complexity index is 583. The van der Waals surface area contributed by atoms with Gasteiger partial charge < -0.3 is 16.0 Å². The van der Waals surface area contributed by atoms with E-state index in [0.29, 0.717) is 37.5 Å². The molecule has 1 fully saturated rings. The highest BCUT2D eigenvalue weighted by Gasteiger charge is 2.21. The number of rotatable bonds is 1. The lowest BCUT2D eigenvalue weighted by Crippen LogP contribution is -2.33. The molecule has 1 aliphatic rings. The number of thiophene rings is 1. The van der Waals surface area contributed by atoms with Gasteiger partial charge in [-0.3, -0.25) is 9.59 Å². The van der Waals surface area contributed by atoms with Crippen molar-refractivity contribution >= 4 is 23.2 Å². The van der Waals surface area contributed by atoms with Crippen LogP contribution in [0.4, 0.5) is 0 Å². The van der Waals surface area contributed by atoms with Crippen LogP contribution in [0.5, 0.6) is 0 Å². The zero-order valence-corrected chi connectivity index (χ0v) is 12.2. The number of nitrogens with one attached hydrogen (secondary N) is 1. The van der Waals surface area contributed by atoms with Gasteiger partial charge in [0.25, 0.3) is 5.91 Å². The molecule has 6 heteroatoms. The molecule has 2 amide bonds. The molecule has 3 N–H and O–H groups in total. The molecule has 1 saturated heterocycles. The summed E-state index contributed by atoms with van der Waals surface area (Å²) in [7, 11) is 0. The number of nitrogens with zero attached hydrogens (tertiary/aromatic N) is 1. The second kappa shape index (κ2) is 6.55. The molecular weight excluding hydrogens is 274 g/mol. The first-order chi connectivity index (χ1) is 9.61. The van der Waals surface area contributed by atoms with E-state index in [4.69, 9.17) is 5.73 Å². The molecule has 1 aromatic heterocycles. The molecule has 2 rings (SSSR count). The quantitative estimate of drug-likeness (QED) is 0.732. The third-order valence-electron chi connectivity index (χ3n) is 3.03. The van der Waals surface area contributed by atoms with Crippen LogP contribution in [0.1, 0.15) is 26.5 Å². The van der Waals surface area contributed by atoms with Crippen LogP contribution in [-0.2, 0) is 4.79 Å². The molecule has 0 unspecified atom stereocenters. The van der Waals surface area contributed by atoms with Crippen LogP contribution in [-0.4, -0.2) is 42.9 Å². The molecule has 0 spiro atoms. The van der Waals surface area contributed by atoms with Gasteiger partial charge in [0.15, 0.2) is 0 Å². The first kappa shape index (κ1) is 14.6. The van der Waals surface area contributed by atoms with Gasteiger partial charge >= 0.3 is 0 Å². The summed E-state index contributed by atoms with van der Waals surface area (Å²) in [6.07, 6.45) is 0.357. The van der Waals surface area contributed by atoms with Crippen LogP contribution >= 0.6 is 11.3 Å². The molecule has 0 saturated carbocycles. The summed E-state index contributed by atoms with van der Waals surface area (Å²) in [6.45, 7) is 3.76. The van der Waals surface area contributed by atoms with Crippen LogP contribution in [0.15, 0.2) is 6.07 Å². The number of hydrogen-bond acceptors (Lipinski definition) is 4. The van der Waals surface area contributed by atoms with Crippen molar-refractivity contribution in [3.05, 3.63) is 21.4 Å². The minimum Gasteiger partial charge on any atom is -0.354 e. The summed E-state index contributed by atoms with van der Waals surface area (Å²) in [4.78, 5) is 27.0. The van der Waals surface area contributed by atoms with E-state index in [2.05, 4.69) is 17.2 Å². The van der Waals surface area contributed by atoms with Crippen molar-refractivity contribution in [3.8, 4) is 11.8 Å². The molecule has 1 aromatic rings. The van der Waals surface area contributed by atoms with Crippen molar-refractivity contribution in [2.75, 3.05) is 26.2 Å². The zero-order valence-electron chi connectivity index (χ0n) is 11.4. The van der Waals surface area contributed by atoms with Crippen molar-refractivity contribution in [1.29, 1.82) is 0 Å². The molecule has 20 heavy (non-hydrogen) atoms. The lowest BCUT2D eigenvalue weighted by molar-refractivity contribution is -0.120. The Kier molecular flexibility index (Phi) is 4.77. The highest BCUT2D eigenvalue weighted by Crippen LogP contribution is 2.22. The Morgan fingerprint density at radius 1 is 1.55 bits per heavy atom. The highest BCUT2D eigenvalue weighted by molar-refractivity contribution is 7.14. The van der Waals surface area contributed by atoms with E-state index in [0.717, 1.165) is 10.4 Å². The summed E-state index contributed by atoms with van der Waals surface area (Å²) >= 11 is 1.38. The van der Waals surface area contributed by atoms with Crippen LogP contribution < -0.4 is 11.1 Å². The maximum Gasteiger partial charge on any atom is 0.264 e. The second-order valence-corrected chi connectivity index (χ2v) is 5.57. The summed E-state index contributed by atoms with van der Waals surface area (Å²) in [5.74, 6) is 5.74. The summed E-state index contributed by atoms with van der Waals surface area (Å²) in [6, 6.07) is 1.85. The normalized spacial score (nSPS) is 15.1. The van der Waals surface area contributed by atoms with E-state index in [1.807, 2.05) is 13.0 Å². The average Bonchev–Trinajstić information content (AvgIpc) is 2.65. The maximum absolute atomic E-state index is 12.4. The maximum atomic E-state index is 12.4. The van der Waals surface area contributed by atoms with E-state index in [9.17, 15) is 9.59 Å². The fraction of sp³-hybridized carbons (Fsp3) is 0.429. The van der Waals surface area contributed by atoms with E-state index in [1.54, 1.807) is 4.90 Å². The summed E-state index contributed by atoms with van der Waals surface area (Å²) in [5.41, 5.74) is 6.35. The summed E-state index contributed by atoms with van der Waals surface area (Å²) < 4.78 is 0. The molecule has 0 aliphatic carbocycles. The number of hydrogen-bond donors (Lipinski definition) is 2. The SMILES string of the molecule is Cc1cc(C(=O)N2CCNC(=O)CC2)sc1C#CCN. The fourth-order valence-electron chi connectivity index (χ4n) is 1.97. The Morgan fingerprint density at radius 2 is 2.35 bits per heavy atom. The standard InChI is InChI=1S/C14H17N3O2S/c1-10-9-12(20-11(10)3-2-5-15)14(19)17-7-4-13(18)16-6-8-17/h9H,4-8,15H2,1H3,(H,16,18). The molecule has 2 heterocycles. The second-order valence-electron chi connectivity index (χ2n) is 4.52. The Labute approximate surface area is 122 Å². The Hall–Kier alpha value is -1.84. The van der Waals surface area contributed by atoms with Gasteiger partial charge in [-0.1, -0.05) is 11.8 Å². The Morgan fingerprint density at radius 3 is 3.10 bits per heavy atom. The first-order valence-corrected chi connectivity index (χ1v) is 7.29. The molecule has 0 atom stereocenters. The van der Waals surface area contributed by atoms with Crippen LogP contribution in [0.25, 0.3) is 0 Å². The number of aryl methyl sites for hydroxylation is 1. The monoisotopic (exact) mass is 291 g/mol. The van der Waals surface area contributed by atoms with Crippen molar-refractivity contribution in [2.45, 2.75) is 13.3 Å². The van der Waals surface area contributed by atoms with Gasteiger partial charge in [0.05, 0.1) is 16.3 Å². The number of nitrogens with two attached hydrogens (primary N) is 1. The van der Waals surface area contributed by atoms with Crippen molar-refractivity contribution in [1.82, 2.24) is 10.2 Å². The van der Waals surface area contributed by atoms with Crippen molar-refractivity contribution in [2.24, 2.45) is 5.73 Å².